The Morgan fingerprint density at radius 3 is 2.73 bits per heavy atom. The van der Waals surface area contributed by atoms with Crippen molar-refractivity contribution in [3.63, 3.8) is 0 Å². The van der Waals surface area contributed by atoms with Crippen LogP contribution in [0.15, 0.2) is 30.3 Å². The van der Waals surface area contributed by atoms with Gasteiger partial charge in [0.2, 0.25) is 0 Å². The highest BCUT2D eigenvalue weighted by atomic mass is 16.7. The molecule has 0 radical (unpaired) electrons. The summed E-state index contributed by atoms with van der Waals surface area (Å²) >= 11 is 0. The predicted octanol–water partition coefficient (Wildman–Crippen LogP) is 1.87. The van der Waals surface area contributed by atoms with Crippen LogP contribution in [0.5, 0.6) is 0 Å². The molecule has 0 bridgehead atoms. The van der Waals surface area contributed by atoms with Crippen molar-refractivity contribution < 1.29 is 24.1 Å². The van der Waals surface area contributed by atoms with Gasteiger partial charge in [0.05, 0.1) is 19.3 Å². The average molecular weight is 308 g/mol. The number of hydrogen-bond acceptors (Lipinski definition) is 5. The molecule has 1 aromatic rings. The third-order valence-electron chi connectivity index (χ3n) is 4.20. The molecule has 5 nitrogen and oxygen atoms in total. The zero-order valence-electron chi connectivity index (χ0n) is 13.3. The summed E-state index contributed by atoms with van der Waals surface area (Å²) in [5.74, 6) is -0.695. The molecule has 22 heavy (non-hydrogen) atoms. The summed E-state index contributed by atoms with van der Waals surface area (Å²) in [5.41, 5.74) is 1.07. The van der Waals surface area contributed by atoms with E-state index in [4.69, 9.17) is 18.9 Å². The molecule has 2 aliphatic rings. The quantitative estimate of drug-likeness (QED) is 0.924. The van der Waals surface area contributed by atoms with Gasteiger partial charge in [-0.15, -0.1) is 0 Å². The summed E-state index contributed by atoms with van der Waals surface area (Å²) in [5, 5.41) is 10.5. The first-order chi connectivity index (χ1) is 10.5. The van der Waals surface area contributed by atoms with Crippen LogP contribution < -0.4 is 0 Å². The molecule has 0 spiro atoms. The first-order valence-corrected chi connectivity index (χ1v) is 7.77. The zero-order chi connectivity index (χ0) is 15.7. The fourth-order valence-corrected chi connectivity index (χ4v) is 2.99. The molecule has 2 fully saturated rings. The molecule has 5 heteroatoms. The van der Waals surface area contributed by atoms with Crippen LogP contribution in [0.25, 0.3) is 0 Å². The molecular weight excluding hydrogens is 284 g/mol. The number of aliphatic hydroxyl groups excluding tert-OH is 1. The summed E-state index contributed by atoms with van der Waals surface area (Å²) < 4.78 is 23.4. The van der Waals surface area contributed by atoms with Crippen LogP contribution in [0.3, 0.4) is 0 Å². The number of aliphatic hydroxyl groups is 1. The Bertz CT molecular complexity index is 489. The van der Waals surface area contributed by atoms with Gasteiger partial charge in [0.15, 0.2) is 5.79 Å². The molecule has 0 amide bonds. The largest absolute Gasteiger partial charge is 0.388 e. The van der Waals surface area contributed by atoms with Crippen LogP contribution >= 0.6 is 0 Å². The van der Waals surface area contributed by atoms with Crippen LogP contribution in [0, 0.1) is 0 Å². The third-order valence-corrected chi connectivity index (χ3v) is 4.20. The highest BCUT2D eigenvalue weighted by Gasteiger charge is 2.50. The molecule has 122 valence electrons. The molecule has 2 heterocycles. The summed E-state index contributed by atoms with van der Waals surface area (Å²) in [6.07, 6.45) is -2.02. The van der Waals surface area contributed by atoms with E-state index >= 15 is 0 Å². The van der Waals surface area contributed by atoms with Gasteiger partial charge in [-0.3, -0.25) is 0 Å². The van der Waals surface area contributed by atoms with E-state index in [1.165, 1.54) is 0 Å². The van der Waals surface area contributed by atoms with Crippen molar-refractivity contribution in [2.75, 3.05) is 6.61 Å². The minimum atomic E-state index is -0.723. The molecular formula is C17H24O5. The highest BCUT2D eigenvalue weighted by Crippen LogP contribution is 2.33. The van der Waals surface area contributed by atoms with Crippen molar-refractivity contribution in [3.8, 4) is 0 Å². The summed E-state index contributed by atoms with van der Waals surface area (Å²) in [7, 11) is 0. The molecule has 0 saturated carbocycles. The van der Waals surface area contributed by atoms with Crippen LogP contribution in [-0.2, 0) is 25.6 Å². The molecule has 0 aromatic heterocycles. The molecule has 2 unspecified atom stereocenters. The molecule has 1 aromatic carbocycles. The molecule has 3 rings (SSSR count). The monoisotopic (exact) mass is 308 g/mol. The number of hydrogen-bond donors (Lipinski definition) is 1. The van der Waals surface area contributed by atoms with Gasteiger partial charge in [0.25, 0.3) is 0 Å². The smallest absolute Gasteiger partial charge is 0.163 e. The van der Waals surface area contributed by atoms with Crippen molar-refractivity contribution in [1.82, 2.24) is 0 Å². The second-order valence-electron chi connectivity index (χ2n) is 6.42. The summed E-state index contributed by atoms with van der Waals surface area (Å²) in [6.45, 7) is 6.45. The lowest BCUT2D eigenvalue weighted by Crippen LogP contribution is -2.64. The predicted molar refractivity (Wildman–Crippen MR) is 80.3 cm³/mol. The van der Waals surface area contributed by atoms with Gasteiger partial charge in [-0.2, -0.15) is 0 Å². The lowest BCUT2D eigenvalue weighted by atomic mass is 9.94. The van der Waals surface area contributed by atoms with Gasteiger partial charge in [-0.1, -0.05) is 30.3 Å². The molecule has 0 aliphatic carbocycles. The van der Waals surface area contributed by atoms with Crippen molar-refractivity contribution in [2.24, 2.45) is 0 Å². The highest BCUT2D eigenvalue weighted by molar-refractivity contribution is 5.13. The maximum atomic E-state index is 10.5. The second-order valence-corrected chi connectivity index (χ2v) is 6.42. The lowest BCUT2D eigenvalue weighted by molar-refractivity contribution is -0.361. The van der Waals surface area contributed by atoms with Crippen LogP contribution in [0.2, 0.25) is 0 Å². The van der Waals surface area contributed by atoms with E-state index in [0.717, 1.165) is 5.56 Å². The van der Waals surface area contributed by atoms with E-state index in [2.05, 4.69) is 0 Å². The topological polar surface area (TPSA) is 57.2 Å². The van der Waals surface area contributed by atoms with E-state index in [0.29, 0.717) is 13.2 Å². The van der Waals surface area contributed by atoms with E-state index in [1.807, 2.05) is 51.1 Å². The first-order valence-electron chi connectivity index (χ1n) is 7.77. The number of fused-ring (bicyclic) bond motifs is 1. The third kappa shape index (κ3) is 3.34. The zero-order valence-corrected chi connectivity index (χ0v) is 13.3. The van der Waals surface area contributed by atoms with Gasteiger partial charge < -0.3 is 24.1 Å². The molecule has 1 N–H and O–H groups in total. The van der Waals surface area contributed by atoms with Crippen LogP contribution in [-0.4, -0.2) is 48.0 Å². The Labute approximate surface area is 131 Å². The maximum Gasteiger partial charge on any atom is 0.163 e. The molecule has 5 atom stereocenters. The number of ether oxygens (including phenoxy) is 4. The van der Waals surface area contributed by atoms with Crippen molar-refractivity contribution in [1.29, 1.82) is 0 Å². The standard InChI is InChI=1S/C17H24O5/c1-11-14(18)16(19-9-12-7-5-4-6-8-12)15-13(21-11)10-20-17(2,3)22-15/h4-8,11,13-16,18H,9-10H2,1-3H3/t11-,13?,14?,15-,16+/m1/s1. The average Bonchev–Trinajstić information content (AvgIpc) is 2.49. The summed E-state index contributed by atoms with van der Waals surface area (Å²) in [6, 6.07) is 9.91. The second kappa shape index (κ2) is 6.26. The van der Waals surface area contributed by atoms with Gasteiger partial charge in [-0.05, 0) is 26.3 Å². The Balaban J connectivity index is 1.73. The van der Waals surface area contributed by atoms with Crippen LogP contribution in [0.1, 0.15) is 26.3 Å². The van der Waals surface area contributed by atoms with E-state index in [1.54, 1.807) is 0 Å². The molecule has 2 saturated heterocycles. The fourth-order valence-electron chi connectivity index (χ4n) is 2.99. The van der Waals surface area contributed by atoms with Gasteiger partial charge in [0, 0.05) is 0 Å². The van der Waals surface area contributed by atoms with Crippen LogP contribution in [0.4, 0.5) is 0 Å². The van der Waals surface area contributed by atoms with E-state index in [-0.39, 0.29) is 18.3 Å². The minimum absolute atomic E-state index is 0.216. The Morgan fingerprint density at radius 1 is 1.27 bits per heavy atom. The Hall–Kier alpha value is -0.980. The van der Waals surface area contributed by atoms with E-state index < -0.39 is 18.0 Å². The first kappa shape index (κ1) is 15.9. The molecule has 2 aliphatic heterocycles. The number of benzene rings is 1. The van der Waals surface area contributed by atoms with Gasteiger partial charge in [-0.25, -0.2) is 0 Å². The van der Waals surface area contributed by atoms with Crippen molar-refractivity contribution in [2.45, 2.75) is 63.7 Å². The summed E-state index contributed by atoms with van der Waals surface area (Å²) in [4.78, 5) is 0. The van der Waals surface area contributed by atoms with Crippen molar-refractivity contribution in [3.05, 3.63) is 35.9 Å². The van der Waals surface area contributed by atoms with E-state index in [9.17, 15) is 5.11 Å². The lowest BCUT2D eigenvalue weighted by Gasteiger charge is -2.49. The van der Waals surface area contributed by atoms with Gasteiger partial charge in [0.1, 0.15) is 24.4 Å². The minimum Gasteiger partial charge on any atom is -0.388 e. The van der Waals surface area contributed by atoms with Gasteiger partial charge >= 0.3 is 0 Å². The normalized spacial score (nSPS) is 37.5. The number of rotatable bonds is 3. The SMILES string of the molecule is C[C@H]1OC2COC(C)(C)O[C@H]2[C@@H](OCc2ccccc2)C1O. The fraction of sp³-hybridized carbons (Fsp3) is 0.647. The Morgan fingerprint density at radius 2 is 2.00 bits per heavy atom. The Kier molecular flexibility index (Phi) is 4.52. The van der Waals surface area contributed by atoms with Crippen molar-refractivity contribution >= 4 is 0 Å². The maximum absolute atomic E-state index is 10.5.